The zero-order valence-corrected chi connectivity index (χ0v) is 28.3. The topological polar surface area (TPSA) is 130 Å². The van der Waals surface area contributed by atoms with Gasteiger partial charge in [-0.25, -0.2) is 29.9 Å². The van der Waals surface area contributed by atoms with Crippen molar-refractivity contribution in [3.63, 3.8) is 0 Å². The molecule has 3 heterocycles. The molecule has 0 N–H and O–H groups in total. The van der Waals surface area contributed by atoms with E-state index in [0.717, 1.165) is 60.9 Å². The van der Waals surface area contributed by atoms with Crippen molar-refractivity contribution in [1.29, 1.82) is 10.5 Å². The number of nitrogens with zero attached hydrogens (tertiary/aromatic N) is 9. The van der Waals surface area contributed by atoms with E-state index in [1.807, 2.05) is 88.4 Å². The van der Waals surface area contributed by atoms with Gasteiger partial charge in [-0.15, -0.1) is 0 Å². The second-order valence-electron chi connectivity index (χ2n) is 12.4. The smallest absolute Gasteiger partial charge is 0.165 e. The fraction of sp³-hybridized carbons (Fsp3) is 0.0952. The van der Waals surface area contributed by atoms with Crippen molar-refractivity contribution in [2.45, 2.75) is 27.7 Å². The molecule has 0 amide bonds. The van der Waals surface area contributed by atoms with Crippen molar-refractivity contribution in [3.8, 4) is 62.9 Å². The van der Waals surface area contributed by atoms with E-state index in [2.05, 4.69) is 79.1 Å². The van der Waals surface area contributed by atoms with Gasteiger partial charge >= 0.3 is 0 Å². The molecule has 242 valence electrons. The summed E-state index contributed by atoms with van der Waals surface area (Å²) in [5, 5.41) is 21.3. The highest BCUT2D eigenvalue weighted by atomic mass is 15.0. The van der Waals surface area contributed by atoms with Crippen LogP contribution in [0.4, 0.5) is 0 Å². The number of hydrogen-bond donors (Lipinski definition) is 0. The molecule has 0 aliphatic carbocycles. The molecule has 0 saturated carbocycles. The summed E-state index contributed by atoms with van der Waals surface area (Å²) in [6, 6.07) is 38.7. The summed E-state index contributed by atoms with van der Waals surface area (Å²) in [5.41, 5.74) is 9.57. The van der Waals surface area contributed by atoms with Gasteiger partial charge in [-0.05, 0) is 117 Å². The van der Waals surface area contributed by atoms with E-state index < -0.39 is 0 Å². The zero-order chi connectivity index (χ0) is 35.2. The average Bonchev–Trinajstić information content (AvgIpc) is 3.46. The van der Waals surface area contributed by atoms with Crippen LogP contribution in [0, 0.1) is 50.4 Å². The molecule has 5 aromatic carbocycles. The Hall–Kier alpha value is -7.10. The van der Waals surface area contributed by atoms with Crippen LogP contribution in [0.2, 0.25) is 0 Å². The highest BCUT2D eigenvalue weighted by Crippen LogP contribution is 2.40. The lowest BCUT2D eigenvalue weighted by Crippen LogP contribution is -2.04. The quantitative estimate of drug-likeness (QED) is 0.179. The number of fused-ring (bicyclic) bond motifs is 3. The lowest BCUT2D eigenvalue weighted by molar-refractivity contribution is 0.924. The van der Waals surface area contributed by atoms with Crippen LogP contribution in [0.3, 0.4) is 0 Å². The molecule has 0 saturated heterocycles. The highest BCUT2D eigenvalue weighted by Gasteiger charge is 2.20. The van der Waals surface area contributed by atoms with Crippen molar-refractivity contribution in [2.24, 2.45) is 0 Å². The average molecular weight is 660 g/mol. The zero-order valence-electron chi connectivity index (χ0n) is 28.3. The molecule has 0 radical (unpaired) electrons. The third kappa shape index (κ3) is 5.73. The van der Waals surface area contributed by atoms with E-state index >= 15 is 0 Å². The normalized spacial score (nSPS) is 11.1. The van der Waals surface area contributed by atoms with Gasteiger partial charge in [0, 0.05) is 21.9 Å². The van der Waals surface area contributed by atoms with Gasteiger partial charge in [-0.1, -0.05) is 36.4 Å². The fourth-order valence-electron chi connectivity index (χ4n) is 6.71. The number of nitriles is 2. The Kier molecular flexibility index (Phi) is 7.59. The van der Waals surface area contributed by atoms with E-state index in [9.17, 15) is 10.5 Å². The number of hydrogen-bond acceptors (Lipinski definition) is 8. The molecule has 51 heavy (non-hydrogen) atoms. The SMILES string of the molecule is Cc1nc(C)nc(-c2ccc(-n3c4ccc(-c5cccc(C#N)c5)cc4c4cc(-c5cccc(C#N)c5)ccc43)c(-c3nc(C)nc(C)n3)c2)n1. The maximum Gasteiger partial charge on any atom is 0.165 e. The molecule has 9 nitrogen and oxygen atoms in total. The first-order valence-corrected chi connectivity index (χ1v) is 16.4. The third-order valence-corrected chi connectivity index (χ3v) is 8.87. The Labute approximate surface area is 294 Å². The molecule has 9 heteroatoms. The molecule has 0 aliphatic heterocycles. The van der Waals surface area contributed by atoms with Gasteiger partial charge in [-0.2, -0.15) is 10.5 Å². The van der Waals surface area contributed by atoms with Crippen molar-refractivity contribution >= 4 is 21.8 Å². The predicted octanol–water partition coefficient (Wildman–Crippen LogP) is 8.80. The van der Waals surface area contributed by atoms with Crippen LogP contribution in [-0.4, -0.2) is 34.5 Å². The molecule has 0 spiro atoms. The monoisotopic (exact) mass is 659 g/mol. The minimum atomic E-state index is 0.546. The highest BCUT2D eigenvalue weighted by molar-refractivity contribution is 6.12. The van der Waals surface area contributed by atoms with Crippen molar-refractivity contribution in [2.75, 3.05) is 0 Å². The first-order valence-electron chi connectivity index (χ1n) is 16.4. The molecule has 0 aliphatic rings. The van der Waals surface area contributed by atoms with Crippen LogP contribution >= 0.6 is 0 Å². The summed E-state index contributed by atoms with van der Waals surface area (Å²) in [5.74, 6) is 3.65. The molecule has 0 fully saturated rings. The van der Waals surface area contributed by atoms with Crippen LogP contribution in [0.15, 0.2) is 103 Å². The van der Waals surface area contributed by atoms with Crippen molar-refractivity contribution < 1.29 is 0 Å². The minimum absolute atomic E-state index is 0.546. The Bertz CT molecular complexity index is 2630. The first-order chi connectivity index (χ1) is 24.8. The van der Waals surface area contributed by atoms with Crippen LogP contribution in [0.1, 0.15) is 34.4 Å². The van der Waals surface area contributed by atoms with Gasteiger partial charge in [0.2, 0.25) is 0 Å². The van der Waals surface area contributed by atoms with Crippen molar-refractivity contribution in [1.82, 2.24) is 34.5 Å². The maximum absolute atomic E-state index is 9.60. The fourth-order valence-corrected chi connectivity index (χ4v) is 6.71. The largest absolute Gasteiger partial charge is 0.308 e. The van der Waals surface area contributed by atoms with E-state index in [1.165, 1.54) is 0 Å². The summed E-state index contributed by atoms with van der Waals surface area (Å²) >= 11 is 0. The number of aryl methyl sites for hydroxylation is 4. The van der Waals surface area contributed by atoms with Gasteiger partial charge in [0.25, 0.3) is 0 Å². The molecule has 0 unspecified atom stereocenters. The Morgan fingerprint density at radius 3 is 1.39 bits per heavy atom. The summed E-state index contributed by atoms with van der Waals surface area (Å²) in [6.07, 6.45) is 0. The molecule has 0 atom stereocenters. The van der Waals surface area contributed by atoms with Crippen LogP contribution < -0.4 is 0 Å². The molecule has 8 rings (SSSR count). The first kappa shape index (κ1) is 31.2. The third-order valence-electron chi connectivity index (χ3n) is 8.87. The van der Waals surface area contributed by atoms with E-state index in [0.29, 0.717) is 46.1 Å². The van der Waals surface area contributed by atoms with Crippen LogP contribution in [0.5, 0.6) is 0 Å². The number of rotatable bonds is 5. The van der Waals surface area contributed by atoms with Gasteiger partial charge in [0.05, 0.1) is 40.0 Å². The lowest BCUT2D eigenvalue weighted by atomic mass is 9.99. The number of benzene rings is 5. The minimum Gasteiger partial charge on any atom is -0.308 e. The van der Waals surface area contributed by atoms with E-state index in [4.69, 9.17) is 9.97 Å². The lowest BCUT2D eigenvalue weighted by Gasteiger charge is -2.15. The van der Waals surface area contributed by atoms with Gasteiger partial charge in [0.1, 0.15) is 23.3 Å². The second kappa shape index (κ2) is 12.4. The molecular weight excluding hydrogens is 631 g/mol. The Morgan fingerprint density at radius 2 is 0.902 bits per heavy atom. The summed E-state index contributed by atoms with van der Waals surface area (Å²) < 4.78 is 2.24. The Balaban J connectivity index is 1.43. The van der Waals surface area contributed by atoms with Gasteiger partial charge < -0.3 is 4.57 Å². The second-order valence-corrected chi connectivity index (χ2v) is 12.4. The van der Waals surface area contributed by atoms with Gasteiger partial charge in [0.15, 0.2) is 11.6 Å². The van der Waals surface area contributed by atoms with Crippen molar-refractivity contribution in [3.05, 3.63) is 138 Å². The van der Waals surface area contributed by atoms with Crippen LogP contribution in [-0.2, 0) is 0 Å². The molecular formula is C42H29N9. The standard InChI is InChI=1S/C42H29N9/c1-24-45-25(2)48-41(47-24)34-13-16-40(37(21-34)42-49-26(3)46-27(4)50-42)51-38-14-11-32(30-9-5-7-28(17-30)22-43)19-35(38)36-20-33(12-15-39(36)51)31-10-6-8-29(18-31)23-44/h5-21H,1-4H3. The van der Waals surface area contributed by atoms with E-state index in [-0.39, 0.29) is 0 Å². The number of aromatic nitrogens is 7. The predicted molar refractivity (Wildman–Crippen MR) is 198 cm³/mol. The van der Waals surface area contributed by atoms with Crippen LogP contribution in [0.25, 0.3) is 72.5 Å². The molecule has 0 bridgehead atoms. The summed E-state index contributed by atoms with van der Waals surface area (Å²) in [4.78, 5) is 27.7. The van der Waals surface area contributed by atoms with E-state index in [1.54, 1.807) is 0 Å². The van der Waals surface area contributed by atoms with Gasteiger partial charge in [-0.3, -0.25) is 0 Å². The maximum atomic E-state index is 9.60. The summed E-state index contributed by atoms with van der Waals surface area (Å²) in [7, 11) is 0. The molecule has 3 aromatic heterocycles. The summed E-state index contributed by atoms with van der Waals surface area (Å²) in [6.45, 7) is 7.46. The molecule has 8 aromatic rings. The Morgan fingerprint density at radius 1 is 0.451 bits per heavy atom.